The lowest BCUT2D eigenvalue weighted by Crippen LogP contribution is -2.10. The number of benzene rings is 9. The van der Waals surface area contributed by atoms with E-state index in [-0.39, 0.29) is 0 Å². The molecule has 0 N–H and O–H groups in total. The van der Waals surface area contributed by atoms with Crippen molar-refractivity contribution < 1.29 is 8.83 Å². The standard InChI is InChI=1S/C54H34N2O2/c1-2-13-38(14-3-1)52-44-17-6-8-20-46(44)56-47-33-28-39(34-51(47)58-54(52)56)35-24-29-40(30-25-35)55(48-21-11-23-50-53(48)45-18-7-9-22-49(45)57-50)41-31-26-37(27-32-41)43-19-10-15-36-12-4-5-16-42(36)43/h1-34H. The van der Waals surface area contributed by atoms with Crippen molar-refractivity contribution in [3.63, 3.8) is 0 Å². The maximum atomic E-state index is 6.74. The zero-order valence-electron chi connectivity index (χ0n) is 31.3. The number of furan rings is 1. The van der Waals surface area contributed by atoms with Crippen LogP contribution in [0.1, 0.15) is 0 Å². The summed E-state index contributed by atoms with van der Waals surface area (Å²) in [6.07, 6.45) is 0. The molecular weight excluding hydrogens is 709 g/mol. The molecule has 9 aromatic carbocycles. The van der Waals surface area contributed by atoms with Gasteiger partial charge in [-0.15, -0.1) is 0 Å². The van der Waals surface area contributed by atoms with Gasteiger partial charge in [0.15, 0.2) is 5.58 Å². The average Bonchev–Trinajstić information content (AvgIpc) is 3.96. The molecule has 272 valence electrons. The fourth-order valence-corrected chi connectivity index (χ4v) is 8.94. The Kier molecular flexibility index (Phi) is 7.20. The highest BCUT2D eigenvalue weighted by atomic mass is 16.3. The first kappa shape index (κ1) is 32.4. The van der Waals surface area contributed by atoms with Gasteiger partial charge < -0.3 is 13.7 Å². The first-order valence-corrected chi connectivity index (χ1v) is 19.7. The van der Waals surface area contributed by atoms with E-state index in [2.05, 4.69) is 203 Å². The van der Waals surface area contributed by atoms with Crippen LogP contribution in [0.4, 0.5) is 17.1 Å². The van der Waals surface area contributed by atoms with Gasteiger partial charge in [0.05, 0.1) is 27.7 Å². The number of rotatable bonds is 6. The van der Waals surface area contributed by atoms with Crippen molar-refractivity contribution in [3.05, 3.63) is 206 Å². The average molecular weight is 743 g/mol. The van der Waals surface area contributed by atoms with Crippen LogP contribution in [0, 0.1) is 0 Å². The molecule has 0 saturated heterocycles. The second kappa shape index (κ2) is 12.9. The molecule has 58 heavy (non-hydrogen) atoms. The van der Waals surface area contributed by atoms with E-state index in [1.165, 1.54) is 27.3 Å². The van der Waals surface area contributed by atoms with Crippen molar-refractivity contribution in [1.82, 2.24) is 4.40 Å². The van der Waals surface area contributed by atoms with E-state index in [4.69, 9.17) is 8.83 Å². The summed E-state index contributed by atoms with van der Waals surface area (Å²) < 4.78 is 15.4. The minimum Gasteiger partial charge on any atom is -0.456 e. The molecule has 0 fully saturated rings. The number of oxazole rings is 1. The molecule has 0 aliphatic rings. The van der Waals surface area contributed by atoms with Gasteiger partial charge in [-0.2, -0.15) is 0 Å². The Hall–Kier alpha value is -7.82. The SMILES string of the molecule is c1ccc(-c2c3ccccc3n3c2oc2cc(-c4ccc(N(c5ccc(-c6cccc7ccccc67)cc5)c5cccc6oc7ccccc7c56)cc4)ccc23)cc1. The van der Waals surface area contributed by atoms with E-state index in [0.29, 0.717) is 0 Å². The number of anilines is 3. The third-order valence-corrected chi connectivity index (χ3v) is 11.6. The van der Waals surface area contributed by atoms with Gasteiger partial charge in [-0.05, 0) is 99.3 Å². The third-order valence-electron chi connectivity index (χ3n) is 11.6. The molecule has 4 nitrogen and oxygen atoms in total. The maximum Gasteiger partial charge on any atom is 0.213 e. The molecule has 0 atom stereocenters. The van der Waals surface area contributed by atoms with Crippen LogP contribution in [-0.4, -0.2) is 4.40 Å². The third kappa shape index (κ3) is 5.02. The monoisotopic (exact) mass is 742 g/mol. The van der Waals surface area contributed by atoms with Crippen LogP contribution >= 0.6 is 0 Å². The molecule has 0 bridgehead atoms. The molecule has 4 heteroatoms. The van der Waals surface area contributed by atoms with Crippen LogP contribution in [0.2, 0.25) is 0 Å². The summed E-state index contributed by atoms with van der Waals surface area (Å²) in [5.74, 6) is 0. The second-order valence-electron chi connectivity index (χ2n) is 14.9. The molecule has 12 aromatic rings. The molecular formula is C54H34N2O2. The molecule has 0 aliphatic carbocycles. The summed E-state index contributed by atoms with van der Waals surface area (Å²) in [4.78, 5) is 2.34. The van der Waals surface area contributed by atoms with Crippen molar-refractivity contribution in [2.24, 2.45) is 0 Å². The van der Waals surface area contributed by atoms with Crippen molar-refractivity contribution in [1.29, 1.82) is 0 Å². The summed E-state index contributed by atoms with van der Waals surface area (Å²) in [7, 11) is 0. The van der Waals surface area contributed by atoms with Crippen LogP contribution in [0.15, 0.2) is 215 Å². The number of para-hydroxylation sites is 2. The Morgan fingerprint density at radius 1 is 0.379 bits per heavy atom. The van der Waals surface area contributed by atoms with Gasteiger partial charge >= 0.3 is 0 Å². The zero-order chi connectivity index (χ0) is 38.2. The predicted molar refractivity (Wildman–Crippen MR) is 240 cm³/mol. The van der Waals surface area contributed by atoms with Gasteiger partial charge in [0.1, 0.15) is 11.2 Å². The van der Waals surface area contributed by atoms with Gasteiger partial charge in [0.2, 0.25) is 5.71 Å². The van der Waals surface area contributed by atoms with E-state index in [0.717, 1.165) is 83.6 Å². The summed E-state index contributed by atoms with van der Waals surface area (Å²) in [5.41, 5.74) is 15.7. The van der Waals surface area contributed by atoms with E-state index >= 15 is 0 Å². The maximum absolute atomic E-state index is 6.74. The van der Waals surface area contributed by atoms with E-state index in [1.54, 1.807) is 0 Å². The van der Waals surface area contributed by atoms with E-state index in [9.17, 15) is 0 Å². The molecule has 12 rings (SSSR count). The summed E-state index contributed by atoms with van der Waals surface area (Å²) in [6.45, 7) is 0. The highest BCUT2D eigenvalue weighted by Crippen LogP contribution is 2.45. The molecule has 0 aliphatic heterocycles. The highest BCUT2D eigenvalue weighted by Gasteiger charge is 2.22. The number of fused-ring (bicyclic) bond motifs is 9. The number of hydrogen-bond acceptors (Lipinski definition) is 3. The fourth-order valence-electron chi connectivity index (χ4n) is 8.94. The van der Waals surface area contributed by atoms with Crippen molar-refractivity contribution in [2.75, 3.05) is 4.90 Å². The lowest BCUT2D eigenvalue weighted by atomic mass is 9.98. The zero-order valence-corrected chi connectivity index (χ0v) is 31.3. The summed E-state index contributed by atoms with van der Waals surface area (Å²) >= 11 is 0. The number of aromatic nitrogens is 1. The lowest BCUT2D eigenvalue weighted by Gasteiger charge is -2.26. The van der Waals surface area contributed by atoms with Gasteiger partial charge in [0.25, 0.3) is 0 Å². The summed E-state index contributed by atoms with van der Waals surface area (Å²) in [6, 6.07) is 73.1. The molecule has 0 unspecified atom stereocenters. The first-order chi connectivity index (χ1) is 28.8. The van der Waals surface area contributed by atoms with Crippen LogP contribution < -0.4 is 4.90 Å². The Bertz CT molecular complexity index is 3490. The van der Waals surface area contributed by atoms with Crippen LogP contribution in [0.3, 0.4) is 0 Å². The van der Waals surface area contributed by atoms with Gasteiger partial charge in [-0.1, -0.05) is 146 Å². The first-order valence-electron chi connectivity index (χ1n) is 19.7. The normalized spacial score (nSPS) is 11.8. The molecule has 0 radical (unpaired) electrons. The van der Waals surface area contributed by atoms with E-state index in [1.807, 2.05) is 12.1 Å². The number of hydrogen-bond donors (Lipinski definition) is 0. The van der Waals surface area contributed by atoms with Crippen molar-refractivity contribution in [3.8, 4) is 33.4 Å². The van der Waals surface area contributed by atoms with Crippen LogP contribution in [0.5, 0.6) is 0 Å². The van der Waals surface area contributed by atoms with Crippen LogP contribution in [0.25, 0.3) is 93.8 Å². The van der Waals surface area contributed by atoms with E-state index < -0.39 is 0 Å². The van der Waals surface area contributed by atoms with Gasteiger partial charge in [-0.3, -0.25) is 4.40 Å². The Morgan fingerprint density at radius 3 is 1.84 bits per heavy atom. The van der Waals surface area contributed by atoms with Crippen molar-refractivity contribution >= 4 is 77.5 Å². The molecule has 0 saturated carbocycles. The smallest absolute Gasteiger partial charge is 0.213 e. The molecule has 0 amide bonds. The second-order valence-corrected chi connectivity index (χ2v) is 14.9. The van der Waals surface area contributed by atoms with Gasteiger partial charge in [-0.25, -0.2) is 0 Å². The molecule has 3 heterocycles. The highest BCUT2D eigenvalue weighted by molar-refractivity contribution is 6.13. The quantitative estimate of drug-likeness (QED) is 0.170. The predicted octanol–water partition coefficient (Wildman–Crippen LogP) is 15.4. The Morgan fingerprint density at radius 2 is 1.02 bits per heavy atom. The van der Waals surface area contributed by atoms with Crippen LogP contribution in [-0.2, 0) is 0 Å². The van der Waals surface area contributed by atoms with Gasteiger partial charge in [0, 0.05) is 22.1 Å². The minimum absolute atomic E-state index is 0.853. The molecule has 3 aromatic heterocycles. The largest absolute Gasteiger partial charge is 0.456 e. The Balaban J connectivity index is 0.976. The van der Waals surface area contributed by atoms with Crippen molar-refractivity contribution in [2.45, 2.75) is 0 Å². The number of nitrogens with zero attached hydrogens (tertiary/aromatic N) is 2. The Labute approximate surface area is 334 Å². The molecule has 0 spiro atoms. The topological polar surface area (TPSA) is 33.9 Å². The lowest BCUT2D eigenvalue weighted by molar-refractivity contribution is 0.658. The fraction of sp³-hybridized carbons (Fsp3) is 0. The minimum atomic E-state index is 0.853. The summed E-state index contributed by atoms with van der Waals surface area (Å²) in [5, 5.41) is 5.84.